The molecule has 0 amide bonds. The predicted octanol–water partition coefficient (Wildman–Crippen LogP) is 4.82. The van der Waals surface area contributed by atoms with Crippen LogP contribution in [-0.2, 0) is 5.75 Å². The molecule has 1 aromatic carbocycles. The van der Waals surface area contributed by atoms with Crippen LogP contribution in [-0.4, -0.2) is 4.98 Å². The second-order valence-electron chi connectivity index (χ2n) is 3.36. The molecular formula is C12H8Cl2FNS. The van der Waals surface area contributed by atoms with E-state index in [1.165, 1.54) is 24.0 Å². The number of benzene rings is 1. The molecule has 0 unspecified atom stereocenters. The number of pyridine rings is 1. The van der Waals surface area contributed by atoms with Gasteiger partial charge in [0, 0.05) is 17.0 Å². The van der Waals surface area contributed by atoms with E-state index in [9.17, 15) is 4.39 Å². The van der Waals surface area contributed by atoms with Gasteiger partial charge >= 0.3 is 0 Å². The van der Waals surface area contributed by atoms with Gasteiger partial charge in [0.05, 0.1) is 5.02 Å². The van der Waals surface area contributed by atoms with Gasteiger partial charge in [-0.1, -0.05) is 47.1 Å². The van der Waals surface area contributed by atoms with Crippen LogP contribution in [0.5, 0.6) is 0 Å². The van der Waals surface area contributed by atoms with Crippen molar-refractivity contribution < 1.29 is 4.39 Å². The molecule has 1 aromatic heterocycles. The van der Waals surface area contributed by atoms with Crippen molar-refractivity contribution in [1.29, 1.82) is 0 Å². The molecule has 0 spiro atoms. The van der Waals surface area contributed by atoms with Crippen molar-refractivity contribution in [2.45, 2.75) is 10.8 Å². The fourth-order valence-corrected chi connectivity index (χ4v) is 2.33. The van der Waals surface area contributed by atoms with Crippen LogP contribution in [0.15, 0.2) is 41.6 Å². The van der Waals surface area contributed by atoms with Gasteiger partial charge in [-0.15, -0.1) is 0 Å². The Morgan fingerprint density at radius 3 is 2.47 bits per heavy atom. The molecule has 2 rings (SSSR count). The topological polar surface area (TPSA) is 12.9 Å². The Balaban J connectivity index is 2.04. The van der Waals surface area contributed by atoms with Gasteiger partial charge in [0.2, 0.25) is 0 Å². The monoisotopic (exact) mass is 287 g/mol. The molecule has 5 heteroatoms. The summed E-state index contributed by atoms with van der Waals surface area (Å²) in [4.78, 5) is 3.94. The number of rotatable bonds is 3. The first-order chi connectivity index (χ1) is 8.15. The van der Waals surface area contributed by atoms with E-state index in [0.29, 0.717) is 20.8 Å². The SMILES string of the molecule is Fc1cc(Cl)cnc1SCc1ccc(Cl)cc1. The summed E-state index contributed by atoms with van der Waals surface area (Å²) in [5, 5.41) is 1.34. The minimum Gasteiger partial charge on any atom is -0.245 e. The Morgan fingerprint density at radius 2 is 1.82 bits per heavy atom. The highest BCUT2D eigenvalue weighted by atomic mass is 35.5. The van der Waals surface area contributed by atoms with Crippen molar-refractivity contribution in [2.24, 2.45) is 0 Å². The second-order valence-corrected chi connectivity index (χ2v) is 5.19. The second kappa shape index (κ2) is 5.71. The fraction of sp³-hybridized carbons (Fsp3) is 0.0833. The van der Waals surface area contributed by atoms with Crippen LogP contribution in [0.3, 0.4) is 0 Å². The fourth-order valence-electron chi connectivity index (χ4n) is 1.24. The van der Waals surface area contributed by atoms with E-state index in [-0.39, 0.29) is 0 Å². The van der Waals surface area contributed by atoms with Crippen LogP contribution in [0.1, 0.15) is 5.56 Å². The number of aromatic nitrogens is 1. The van der Waals surface area contributed by atoms with Gasteiger partial charge in [-0.2, -0.15) is 0 Å². The van der Waals surface area contributed by atoms with E-state index in [4.69, 9.17) is 23.2 Å². The Morgan fingerprint density at radius 1 is 1.12 bits per heavy atom. The summed E-state index contributed by atoms with van der Waals surface area (Å²) in [6.07, 6.45) is 1.44. The summed E-state index contributed by atoms with van der Waals surface area (Å²) in [7, 11) is 0. The van der Waals surface area contributed by atoms with Crippen LogP contribution in [0, 0.1) is 5.82 Å². The van der Waals surface area contributed by atoms with E-state index in [1.807, 2.05) is 24.3 Å². The van der Waals surface area contributed by atoms with Crippen LogP contribution in [0.2, 0.25) is 10.0 Å². The molecule has 0 aliphatic rings. The van der Waals surface area contributed by atoms with E-state index in [0.717, 1.165) is 5.56 Å². The quantitative estimate of drug-likeness (QED) is 0.751. The van der Waals surface area contributed by atoms with E-state index in [1.54, 1.807) is 0 Å². The minimum atomic E-state index is -0.392. The van der Waals surface area contributed by atoms with Crippen LogP contribution >= 0.6 is 35.0 Å². The molecule has 0 N–H and O–H groups in total. The number of nitrogens with zero attached hydrogens (tertiary/aromatic N) is 1. The first-order valence-corrected chi connectivity index (χ1v) is 6.57. The molecule has 0 bridgehead atoms. The molecule has 2 aromatic rings. The normalized spacial score (nSPS) is 10.5. The number of hydrogen-bond acceptors (Lipinski definition) is 2. The van der Waals surface area contributed by atoms with Crippen molar-refractivity contribution in [1.82, 2.24) is 4.98 Å². The third-order valence-corrected chi connectivity index (χ3v) is 3.57. The van der Waals surface area contributed by atoms with Crippen molar-refractivity contribution in [2.75, 3.05) is 0 Å². The van der Waals surface area contributed by atoms with Crippen molar-refractivity contribution in [3.05, 3.63) is 58.0 Å². The highest BCUT2D eigenvalue weighted by molar-refractivity contribution is 7.98. The molecule has 0 aliphatic heterocycles. The molecule has 88 valence electrons. The number of thioether (sulfide) groups is 1. The maximum atomic E-state index is 13.4. The molecule has 17 heavy (non-hydrogen) atoms. The first-order valence-electron chi connectivity index (χ1n) is 4.83. The predicted molar refractivity (Wildman–Crippen MR) is 70.2 cm³/mol. The average Bonchev–Trinajstić information content (AvgIpc) is 2.30. The third kappa shape index (κ3) is 3.60. The standard InChI is InChI=1S/C12H8Cl2FNS/c13-9-3-1-8(2-4-9)7-17-12-11(15)5-10(14)6-16-12/h1-6H,7H2. The smallest absolute Gasteiger partial charge is 0.156 e. The lowest BCUT2D eigenvalue weighted by atomic mass is 10.2. The van der Waals surface area contributed by atoms with Crippen molar-refractivity contribution in [3.63, 3.8) is 0 Å². The molecule has 0 fully saturated rings. The van der Waals surface area contributed by atoms with Gasteiger partial charge in [0.1, 0.15) is 5.03 Å². The Kier molecular flexibility index (Phi) is 4.26. The molecule has 0 radical (unpaired) electrons. The lowest BCUT2D eigenvalue weighted by molar-refractivity contribution is 0.588. The van der Waals surface area contributed by atoms with Gasteiger partial charge in [-0.25, -0.2) is 9.37 Å². The van der Waals surface area contributed by atoms with E-state index < -0.39 is 5.82 Å². The summed E-state index contributed by atoms with van der Waals surface area (Å²) < 4.78 is 13.4. The summed E-state index contributed by atoms with van der Waals surface area (Å²) >= 11 is 12.7. The molecule has 0 saturated heterocycles. The zero-order valence-corrected chi connectivity index (χ0v) is 11.0. The van der Waals surface area contributed by atoms with Crippen LogP contribution in [0.4, 0.5) is 4.39 Å². The van der Waals surface area contributed by atoms with E-state index in [2.05, 4.69) is 4.98 Å². The van der Waals surface area contributed by atoms with E-state index >= 15 is 0 Å². The maximum Gasteiger partial charge on any atom is 0.156 e. The summed E-state index contributed by atoms with van der Waals surface area (Å²) in [5.74, 6) is 0.249. The zero-order valence-electron chi connectivity index (χ0n) is 8.66. The maximum absolute atomic E-state index is 13.4. The van der Waals surface area contributed by atoms with Gasteiger partial charge < -0.3 is 0 Å². The van der Waals surface area contributed by atoms with Gasteiger partial charge in [0.25, 0.3) is 0 Å². The molecule has 1 nitrogen and oxygen atoms in total. The van der Waals surface area contributed by atoms with Crippen molar-refractivity contribution in [3.8, 4) is 0 Å². The summed E-state index contributed by atoms with van der Waals surface area (Å²) in [6, 6.07) is 8.69. The Hall–Kier alpha value is -0.770. The van der Waals surface area contributed by atoms with Crippen molar-refractivity contribution >= 4 is 35.0 Å². The zero-order chi connectivity index (χ0) is 12.3. The number of halogens is 3. The first kappa shape index (κ1) is 12.7. The molecule has 0 aliphatic carbocycles. The lowest BCUT2D eigenvalue weighted by Crippen LogP contribution is -1.87. The molecule has 0 saturated carbocycles. The average molecular weight is 288 g/mol. The number of hydrogen-bond donors (Lipinski definition) is 0. The van der Waals surface area contributed by atoms with Crippen LogP contribution < -0.4 is 0 Å². The van der Waals surface area contributed by atoms with Gasteiger partial charge in [0.15, 0.2) is 5.82 Å². The highest BCUT2D eigenvalue weighted by Crippen LogP contribution is 2.25. The summed E-state index contributed by atoms with van der Waals surface area (Å²) in [6.45, 7) is 0. The Bertz CT molecular complexity index is 516. The Labute approximate surface area is 113 Å². The third-order valence-electron chi connectivity index (χ3n) is 2.06. The van der Waals surface area contributed by atoms with Gasteiger partial charge in [-0.05, 0) is 23.8 Å². The lowest BCUT2D eigenvalue weighted by Gasteiger charge is -2.03. The van der Waals surface area contributed by atoms with Crippen LogP contribution in [0.25, 0.3) is 0 Å². The molecular weight excluding hydrogens is 280 g/mol. The highest BCUT2D eigenvalue weighted by Gasteiger charge is 2.05. The molecule has 0 atom stereocenters. The molecule has 1 heterocycles. The van der Waals surface area contributed by atoms with Gasteiger partial charge in [-0.3, -0.25) is 0 Å². The minimum absolute atomic E-state index is 0.304. The summed E-state index contributed by atoms with van der Waals surface area (Å²) in [5.41, 5.74) is 1.07. The largest absolute Gasteiger partial charge is 0.245 e.